The molecule has 0 saturated heterocycles. The second kappa shape index (κ2) is 7.23. The van der Waals surface area contributed by atoms with Crippen LogP contribution in [-0.2, 0) is 9.53 Å². The van der Waals surface area contributed by atoms with Gasteiger partial charge in [0.25, 0.3) is 5.91 Å². The number of amides is 1. The average molecular weight is 351 g/mol. The maximum atomic E-state index is 12.5. The predicted octanol–water partition coefficient (Wildman–Crippen LogP) is 3.00. The van der Waals surface area contributed by atoms with Gasteiger partial charge in [-0.15, -0.1) is 0 Å². The van der Waals surface area contributed by atoms with E-state index in [9.17, 15) is 14.4 Å². The van der Waals surface area contributed by atoms with Gasteiger partial charge < -0.3 is 14.1 Å². The van der Waals surface area contributed by atoms with Gasteiger partial charge in [-0.25, -0.2) is 9.59 Å². The van der Waals surface area contributed by atoms with Crippen LogP contribution in [0.5, 0.6) is 0 Å². The number of nitrogens with zero attached hydrogens (tertiary/aromatic N) is 1. The number of hydrogen-bond donors (Lipinski definition) is 0. The van der Waals surface area contributed by atoms with Crippen molar-refractivity contribution in [1.82, 2.24) is 0 Å². The lowest BCUT2D eigenvalue weighted by molar-refractivity contribution is -0.126. The van der Waals surface area contributed by atoms with E-state index >= 15 is 0 Å². The van der Waals surface area contributed by atoms with E-state index < -0.39 is 23.6 Å². The van der Waals surface area contributed by atoms with Crippen molar-refractivity contribution in [2.45, 2.75) is 13.0 Å². The molecule has 0 N–H and O–H groups in total. The van der Waals surface area contributed by atoms with Gasteiger partial charge in [0.2, 0.25) is 0 Å². The fourth-order valence-electron chi connectivity index (χ4n) is 2.53. The molecule has 1 amide bonds. The topological polar surface area (TPSA) is 76.8 Å². The van der Waals surface area contributed by atoms with E-state index in [4.69, 9.17) is 9.15 Å². The molecule has 1 unspecified atom stereocenters. The van der Waals surface area contributed by atoms with Gasteiger partial charge >= 0.3 is 11.6 Å². The zero-order chi connectivity index (χ0) is 18.7. The number of likely N-dealkylation sites (N-methyl/N-ethyl adjacent to an activating group) is 1. The van der Waals surface area contributed by atoms with Crippen molar-refractivity contribution in [3.63, 3.8) is 0 Å². The van der Waals surface area contributed by atoms with Crippen molar-refractivity contribution < 1.29 is 18.7 Å². The molecule has 0 bridgehead atoms. The minimum Gasteiger partial charge on any atom is -0.449 e. The Kier molecular flexibility index (Phi) is 4.84. The number of benzene rings is 2. The lowest BCUT2D eigenvalue weighted by Gasteiger charge is -2.21. The van der Waals surface area contributed by atoms with Crippen molar-refractivity contribution in [3.8, 4) is 0 Å². The summed E-state index contributed by atoms with van der Waals surface area (Å²) in [6.07, 6.45) is -1.06. The first-order chi connectivity index (χ1) is 12.5. The Balaban J connectivity index is 1.78. The van der Waals surface area contributed by atoms with Crippen LogP contribution in [0.3, 0.4) is 0 Å². The van der Waals surface area contributed by atoms with Gasteiger partial charge in [0.05, 0.1) is 0 Å². The maximum absolute atomic E-state index is 12.5. The van der Waals surface area contributed by atoms with Crippen LogP contribution in [0.4, 0.5) is 5.69 Å². The summed E-state index contributed by atoms with van der Waals surface area (Å²) in [5.41, 5.74) is 0.00285. The first kappa shape index (κ1) is 17.4. The summed E-state index contributed by atoms with van der Waals surface area (Å²) in [7, 11) is 1.59. The van der Waals surface area contributed by atoms with E-state index in [1.807, 2.05) is 6.07 Å². The fourth-order valence-corrected chi connectivity index (χ4v) is 2.53. The molecular weight excluding hydrogens is 334 g/mol. The van der Waals surface area contributed by atoms with Gasteiger partial charge in [0, 0.05) is 18.1 Å². The van der Waals surface area contributed by atoms with Crippen molar-refractivity contribution >= 4 is 28.5 Å². The van der Waals surface area contributed by atoms with Crippen molar-refractivity contribution in [2.24, 2.45) is 0 Å². The third-order valence-electron chi connectivity index (χ3n) is 3.97. The average Bonchev–Trinajstić information content (AvgIpc) is 2.66. The van der Waals surface area contributed by atoms with E-state index in [-0.39, 0.29) is 5.56 Å². The molecule has 26 heavy (non-hydrogen) atoms. The Morgan fingerprint density at radius 1 is 1.04 bits per heavy atom. The molecule has 0 spiro atoms. The van der Waals surface area contributed by atoms with Crippen LogP contribution >= 0.6 is 0 Å². The SMILES string of the molecule is CC(OC(=O)c1cc2ccccc2oc1=O)C(=O)N(C)c1ccccc1. The molecule has 0 aliphatic heterocycles. The second-order valence-electron chi connectivity index (χ2n) is 5.77. The summed E-state index contributed by atoms with van der Waals surface area (Å²) in [4.78, 5) is 38.2. The highest BCUT2D eigenvalue weighted by Gasteiger charge is 2.25. The Bertz CT molecular complexity index is 1010. The predicted molar refractivity (Wildman–Crippen MR) is 97.2 cm³/mol. The summed E-state index contributed by atoms with van der Waals surface area (Å²) < 4.78 is 10.3. The van der Waals surface area contributed by atoms with E-state index in [1.54, 1.807) is 55.6 Å². The number of fused-ring (bicyclic) bond motifs is 1. The largest absolute Gasteiger partial charge is 0.449 e. The minimum absolute atomic E-state index is 0.245. The quantitative estimate of drug-likeness (QED) is 0.533. The van der Waals surface area contributed by atoms with Gasteiger partial charge in [-0.3, -0.25) is 4.79 Å². The normalized spacial score (nSPS) is 11.8. The van der Waals surface area contributed by atoms with Gasteiger partial charge in [-0.1, -0.05) is 36.4 Å². The number of carbonyl (C=O) groups is 2. The molecule has 1 atom stereocenters. The fraction of sp³-hybridized carbons (Fsp3) is 0.150. The van der Waals surface area contributed by atoms with Crippen LogP contribution in [0.25, 0.3) is 11.0 Å². The molecule has 2 aromatic carbocycles. The number of carbonyl (C=O) groups excluding carboxylic acids is 2. The molecule has 132 valence electrons. The molecule has 3 aromatic rings. The second-order valence-corrected chi connectivity index (χ2v) is 5.77. The van der Waals surface area contributed by atoms with Crippen molar-refractivity contribution in [3.05, 3.63) is 76.6 Å². The van der Waals surface area contributed by atoms with Gasteiger partial charge in [0.1, 0.15) is 11.1 Å². The lowest BCUT2D eigenvalue weighted by Crippen LogP contribution is -2.38. The minimum atomic E-state index is -1.06. The van der Waals surface area contributed by atoms with Crippen molar-refractivity contribution in [2.75, 3.05) is 11.9 Å². The molecule has 0 saturated carbocycles. The highest BCUT2D eigenvalue weighted by atomic mass is 16.5. The molecule has 1 heterocycles. The molecule has 0 aliphatic carbocycles. The summed E-state index contributed by atoms with van der Waals surface area (Å²) in [5, 5.41) is 0.597. The van der Waals surface area contributed by atoms with Gasteiger partial charge in [0.15, 0.2) is 6.10 Å². The molecule has 1 aromatic heterocycles. The summed E-state index contributed by atoms with van der Waals surface area (Å²) in [5.74, 6) is -1.30. The van der Waals surface area contributed by atoms with Crippen LogP contribution in [-0.4, -0.2) is 25.0 Å². The maximum Gasteiger partial charge on any atom is 0.351 e. The van der Waals surface area contributed by atoms with Crippen LogP contribution < -0.4 is 10.5 Å². The summed E-state index contributed by atoms with van der Waals surface area (Å²) in [6, 6.07) is 17.2. The van der Waals surface area contributed by atoms with Crippen LogP contribution in [0.15, 0.2) is 69.9 Å². The Labute approximate surface area is 149 Å². The first-order valence-electron chi connectivity index (χ1n) is 8.04. The van der Waals surface area contributed by atoms with E-state index in [0.29, 0.717) is 16.7 Å². The Morgan fingerprint density at radius 3 is 2.42 bits per heavy atom. The third kappa shape index (κ3) is 3.49. The third-order valence-corrected chi connectivity index (χ3v) is 3.97. The first-order valence-corrected chi connectivity index (χ1v) is 8.04. The van der Waals surface area contributed by atoms with Gasteiger partial charge in [-0.2, -0.15) is 0 Å². The standard InChI is InChI=1S/C20H17NO5/c1-13(18(22)21(2)15-9-4-3-5-10-15)25-19(23)16-12-14-8-6-7-11-17(14)26-20(16)24/h3-13H,1-2H3. The number of esters is 1. The highest BCUT2D eigenvalue weighted by molar-refractivity contribution is 5.99. The molecule has 0 aliphatic rings. The number of hydrogen-bond acceptors (Lipinski definition) is 5. The molecule has 0 radical (unpaired) electrons. The Morgan fingerprint density at radius 2 is 1.69 bits per heavy atom. The molecular formula is C20H17NO5. The van der Waals surface area contributed by atoms with Crippen LogP contribution in [0.2, 0.25) is 0 Å². The number of anilines is 1. The van der Waals surface area contributed by atoms with Crippen LogP contribution in [0, 0.1) is 0 Å². The van der Waals surface area contributed by atoms with E-state index in [0.717, 1.165) is 0 Å². The van der Waals surface area contributed by atoms with Crippen LogP contribution in [0.1, 0.15) is 17.3 Å². The summed E-state index contributed by atoms with van der Waals surface area (Å²) in [6.45, 7) is 1.46. The lowest BCUT2D eigenvalue weighted by atomic mass is 10.2. The zero-order valence-electron chi connectivity index (χ0n) is 14.3. The molecule has 0 fully saturated rings. The van der Waals surface area contributed by atoms with Crippen molar-refractivity contribution in [1.29, 1.82) is 0 Å². The van der Waals surface area contributed by atoms with Gasteiger partial charge in [-0.05, 0) is 31.2 Å². The van der Waals surface area contributed by atoms with E-state index in [2.05, 4.69) is 0 Å². The molecule has 3 rings (SSSR count). The zero-order valence-corrected chi connectivity index (χ0v) is 14.3. The molecule has 6 nitrogen and oxygen atoms in total. The number of rotatable bonds is 4. The monoisotopic (exact) mass is 351 g/mol. The smallest absolute Gasteiger partial charge is 0.351 e. The number of ether oxygens (including phenoxy) is 1. The number of para-hydroxylation sites is 2. The molecule has 6 heteroatoms. The summed E-state index contributed by atoms with van der Waals surface area (Å²) >= 11 is 0. The van der Waals surface area contributed by atoms with E-state index in [1.165, 1.54) is 17.9 Å². The Hall–Kier alpha value is -3.41. The highest BCUT2D eigenvalue weighted by Crippen LogP contribution is 2.16.